The fraction of sp³-hybridized carbons (Fsp3) is 0.368. The van der Waals surface area contributed by atoms with Crippen molar-refractivity contribution in [3.8, 4) is 11.5 Å². The van der Waals surface area contributed by atoms with Gasteiger partial charge in [0.15, 0.2) is 11.5 Å². The molecular formula is C19H21N3O4. The van der Waals surface area contributed by atoms with Crippen LogP contribution in [0, 0.1) is 0 Å². The van der Waals surface area contributed by atoms with E-state index in [1.165, 1.54) is 0 Å². The van der Waals surface area contributed by atoms with Gasteiger partial charge in [0.25, 0.3) is 0 Å². The van der Waals surface area contributed by atoms with Crippen molar-refractivity contribution < 1.29 is 19.0 Å². The number of nitrogens with zero attached hydrogens (tertiary/aromatic N) is 2. The highest BCUT2D eigenvalue weighted by Crippen LogP contribution is 2.34. The minimum Gasteiger partial charge on any atom is -0.454 e. The topological polar surface area (TPSA) is 72.9 Å². The van der Waals surface area contributed by atoms with Crippen molar-refractivity contribution in [1.82, 2.24) is 9.88 Å². The first-order valence-corrected chi connectivity index (χ1v) is 8.75. The Hall–Kier alpha value is -2.80. The van der Waals surface area contributed by atoms with E-state index in [1.54, 1.807) is 23.2 Å². The summed E-state index contributed by atoms with van der Waals surface area (Å²) in [5.74, 6) is 1.35. The highest BCUT2D eigenvalue weighted by atomic mass is 16.7. The van der Waals surface area contributed by atoms with Gasteiger partial charge in [-0.05, 0) is 37.1 Å². The second kappa shape index (κ2) is 7.61. The van der Waals surface area contributed by atoms with Crippen LogP contribution in [0.15, 0.2) is 42.6 Å². The van der Waals surface area contributed by atoms with Gasteiger partial charge in [-0.15, -0.1) is 0 Å². The van der Waals surface area contributed by atoms with Crippen molar-refractivity contribution in [3.63, 3.8) is 0 Å². The van der Waals surface area contributed by atoms with Crippen LogP contribution in [0.1, 0.15) is 18.5 Å². The Bertz CT molecular complexity index is 769. The smallest absolute Gasteiger partial charge is 0.321 e. The maximum absolute atomic E-state index is 12.6. The standard InChI is InChI=1S/C19H21N3O4/c23-19(21-14-6-7-17-18(10-14)26-13-25-17)22-9-3-5-16(11-22)24-12-15-4-1-2-8-20-15/h1-2,4,6-8,10,16H,3,5,9,11-13H2,(H,21,23)/t16-/m0/s1. The van der Waals surface area contributed by atoms with Gasteiger partial charge >= 0.3 is 6.03 Å². The number of carbonyl (C=O) groups is 1. The van der Waals surface area contributed by atoms with Crippen LogP contribution in [0.4, 0.5) is 10.5 Å². The Morgan fingerprint density at radius 3 is 3.08 bits per heavy atom. The Morgan fingerprint density at radius 1 is 1.27 bits per heavy atom. The summed E-state index contributed by atoms with van der Waals surface area (Å²) in [5, 5.41) is 2.92. The van der Waals surface area contributed by atoms with E-state index in [-0.39, 0.29) is 18.9 Å². The van der Waals surface area contributed by atoms with Gasteiger partial charge in [-0.25, -0.2) is 4.79 Å². The highest BCUT2D eigenvalue weighted by Gasteiger charge is 2.25. The first-order valence-electron chi connectivity index (χ1n) is 8.75. The number of hydrogen-bond acceptors (Lipinski definition) is 5. The summed E-state index contributed by atoms with van der Waals surface area (Å²) in [6.07, 6.45) is 3.64. The molecule has 0 radical (unpaired) electrons. The molecule has 0 saturated carbocycles. The lowest BCUT2D eigenvalue weighted by atomic mass is 10.1. The van der Waals surface area contributed by atoms with Crippen molar-refractivity contribution in [3.05, 3.63) is 48.3 Å². The molecule has 2 aliphatic rings. The molecule has 1 aromatic carbocycles. The van der Waals surface area contributed by atoms with E-state index in [0.717, 1.165) is 25.1 Å². The molecule has 1 atom stereocenters. The molecule has 1 fully saturated rings. The molecule has 1 N–H and O–H groups in total. The molecule has 2 aliphatic heterocycles. The third-order valence-corrected chi connectivity index (χ3v) is 4.48. The van der Waals surface area contributed by atoms with E-state index in [2.05, 4.69) is 10.3 Å². The molecule has 7 heteroatoms. The molecule has 1 aromatic heterocycles. The van der Waals surface area contributed by atoms with Gasteiger partial charge in [0.2, 0.25) is 6.79 Å². The van der Waals surface area contributed by atoms with E-state index in [4.69, 9.17) is 14.2 Å². The van der Waals surface area contributed by atoms with Gasteiger partial charge in [0.1, 0.15) is 0 Å². The zero-order valence-corrected chi connectivity index (χ0v) is 14.4. The second-order valence-corrected chi connectivity index (χ2v) is 6.34. The summed E-state index contributed by atoms with van der Waals surface area (Å²) < 4.78 is 16.6. The number of likely N-dealkylation sites (tertiary alicyclic amines) is 1. The number of aromatic nitrogens is 1. The minimum atomic E-state index is -0.130. The van der Waals surface area contributed by atoms with Crippen LogP contribution in [0.3, 0.4) is 0 Å². The first-order chi connectivity index (χ1) is 12.8. The molecule has 1 saturated heterocycles. The lowest BCUT2D eigenvalue weighted by Crippen LogP contribution is -2.45. The van der Waals surface area contributed by atoms with Gasteiger partial charge in [0.05, 0.1) is 18.4 Å². The van der Waals surface area contributed by atoms with Crippen LogP contribution < -0.4 is 14.8 Å². The molecule has 3 heterocycles. The molecule has 0 spiro atoms. The van der Waals surface area contributed by atoms with Crippen LogP contribution in [-0.4, -0.2) is 41.9 Å². The van der Waals surface area contributed by atoms with E-state index in [9.17, 15) is 4.79 Å². The maximum atomic E-state index is 12.6. The summed E-state index contributed by atoms with van der Waals surface area (Å²) >= 11 is 0. The molecule has 0 aliphatic carbocycles. The average molecular weight is 355 g/mol. The molecule has 2 amide bonds. The average Bonchev–Trinajstić information content (AvgIpc) is 3.15. The first kappa shape index (κ1) is 16.7. The van der Waals surface area contributed by atoms with Crippen molar-refractivity contribution in [1.29, 1.82) is 0 Å². The van der Waals surface area contributed by atoms with Crippen molar-refractivity contribution in [2.24, 2.45) is 0 Å². The van der Waals surface area contributed by atoms with Gasteiger partial charge in [-0.2, -0.15) is 0 Å². The second-order valence-electron chi connectivity index (χ2n) is 6.34. The third kappa shape index (κ3) is 3.88. The number of pyridine rings is 1. The van der Waals surface area contributed by atoms with Gasteiger partial charge in [-0.3, -0.25) is 4.98 Å². The summed E-state index contributed by atoms with van der Waals surface area (Å²) in [4.78, 5) is 18.6. The van der Waals surface area contributed by atoms with Crippen molar-refractivity contribution >= 4 is 11.7 Å². The van der Waals surface area contributed by atoms with Crippen LogP contribution >= 0.6 is 0 Å². The number of benzene rings is 1. The normalized spacial score (nSPS) is 18.6. The Morgan fingerprint density at radius 2 is 2.19 bits per heavy atom. The van der Waals surface area contributed by atoms with Gasteiger partial charge in [0, 0.05) is 31.0 Å². The number of anilines is 1. The quantitative estimate of drug-likeness (QED) is 0.913. The van der Waals surface area contributed by atoms with E-state index in [1.807, 2.05) is 24.3 Å². The Kier molecular flexibility index (Phi) is 4.88. The van der Waals surface area contributed by atoms with Crippen LogP contribution in [-0.2, 0) is 11.3 Å². The summed E-state index contributed by atoms with van der Waals surface area (Å²) in [6, 6.07) is 11.0. The van der Waals surface area contributed by atoms with Crippen LogP contribution in [0.2, 0.25) is 0 Å². The third-order valence-electron chi connectivity index (χ3n) is 4.48. The molecule has 2 aromatic rings. The highest BCUT2D eigenvalue weighted by molar-refractivity contribution is 5.89. The zero-order chi connectivity index (χ0) is 17.8. The summed E-state index contributed by atoms with van der Waals surface area (Å²) in [7, 11) is 0. The number of rotatable bonds is 4. The molecule has 7 nitrogen and oxygen atoms in total. The Labute approximate surface area is 151 Å². The number of carbonyl (C=O) groups excluding carboxylic acids is 1. The zero-order valence-electron chi connectivity index (χ0n) is 14.4. The van der Waals surface area contributed by atoms with Crippen molar-refractivity contribution in [2.45, 2.75) is 25.6 Å². The van der Waals surface area contributed by atoms with Crippen molar-refractivity contribution in [2.75, 3.05) is 25.2 Å². The Balaban J connectivity index is 1.31. The maximum Gasteiger partial charge on any atom is 0.321 e. The number of hydrogen-bond donors (Lipinski definition) is 1. The molecular weight excluding hydrogens is 334 g/mol. The number of urea groups is 1. The fourth-order valence-electron chi connectivity index (χ4n) is 3.12. The SMILES string of the molecule is O=C(Nc1ccc2c(c1)OCO2)N1CCC[C@H](OCc2ccccn2)C1. The van der Waals surface area contributed by atoms with Gasteiger partial charge < -0.3 is 24.4 Å². The largest absolute Gasteiger partial charge is 0.454 e. The minimum absolute atomic E-state index is 0.0215. The molecule has 0 unspecified atom stereocenters. The molecule has 26 heavy (non-hydrogen) atoms. The monoisotopic (exact) mass is 355 g/mol. The van der Waals surface area contributed by atoms with E-state index >= 15 is 0 Å². The lowest BCUT2D eigenvalue weighted by molar-refractivity contribution is -0.000325. The van der Waals surface area contributed by atoms with Crippen LogP contribution in [0.25, 0.3) is 0 Å². The van der Waals surface area contributed by atoms with E-state index < -0.39 is 0 Å². The van der Waals surface area contributed by atoms with Gasteiger partial charge in [-0.1, -0.05) is 6.07 Å². The predicted octanol–water partition coefficient (Wildman–Crippen LogP) is 3.02. The number of piperidine rings is 1. The van der Waals surface area contributed by atoms with E-state index in [0.29, 0.717) is 30.3 Å². The molecule has 136 valence electrons. The molecule has 4 rings (SSSR count). The lowest BCUT2D eigenvalue weighted by Gasteiger charge is -2.32. The fourth-order valence-corrected chi connectivity index (χ4v) is 3.12. The number of nitrogens with one attached hydrogen (secondary N) is 1. The van der Waals surface area contributed by atoms with Crippen LogP contribution in [0.5, 0.6) is 11.5 Å². The summed E-state index contributed by atoms with van der Waals surface area (Å²) in [5.41, 5.74) is 1.59. The number of fused-ring (bicyclic) bond motifs is 1. The number of amides is 2. The number of ether oxygens (including phenoxy) is 3. The summed E-state index contributed by atoms with van der Waals surface area (Å²) in [6.45, 7) is 1.97. The molecule has 0 bridgehead atoms. The predicted molar refractivity (Wildman–Crippen MR) is 95.2 cm³/mol.